The number of likely N-dealkylation sites (tertiary alicyclic amines) is 1. The highest BCUT2D eigenvalue weighted by molar-refractivity contribution is 7.92. The Bertz CT molecular complexity index is 1160. The summed E-state index contributed by atoms with van der Waals surface area (Å²) in [6, 6.07) is 14.0. The van der Waals surface area contributed by atoms with Gasteiger partial charge in [-0.15, -0.1) is 0 Å². The van der Waals surface area contributed by atoms with Crippen LogP contribution in [0, 0.1) is 0 Å². The van der Waals surface area contributed by atoms with Gasteiger partial charge in [-0.2, -0.15) is 0 Å². The Hall–Kier alpha value is -3.13. The van der Waals surface area contributed by atoms with Gasteiger partial charge in [0.1, 0.15) is 0 Å². The predicted octanol–water partition coefficient (Wildman–Crippen LogP) is 3.40. The van der Waals surface area contributed by atoms with E-state index in [0.29, 0.717) is 25.1 Å². The van der Waals surface area contributed by atoms with E-state index in [4.69, 9.17) is 4.74 Å². The average molecular weight is 469 g/mol. The zero-order chi connectivity index (χ0) is 23.4. The Balaban J connectivity index is 1.34. The molecule has 1 amide bonds. The van der Waals surface area contributed by atoms with E-state index in [2.05, 4.69) is 0 Å². The van der Waals surface area contributed by atoms with Gasteiger partial charge in [-0.1, -0.05) is 30.3 Å². The Labute approximate surface area is 194 Å². The van der Waals surface area contributed by atoms with E-state index in [9.17, 15) is 18.0 Å². The number of anilines is 1. The van der Waals surface area contributed by atoms with Gasteiger partial charge < -0.3 is 9.64 Å². The standard InChI is InChI=1S/C25H28N2O5S/c1-19-6-4-5-16-26(19)24(28)18-32-25(29)14-11-20-9-12-22(13-10-20)33(30,31)27-17-15-21-7-2-3-8-23(21)27/h2-3,7-14,19H,4-6,15-18H2,1H3/b14-11+. The van der Waals surface area contributed by atoms with Gasteiger partial charge in [0.25, 0.3) is 15.9 Å². The van der Waals surface area contributed by atoms with E-state index in [0.717, 1.165) is 30.5 Å². The summed E-state index contributed by atoms with van der Waals surface area (Å²) in [5.41, 5.74) is 2.40. The molecule has 4 rings (SSSR count). The van der Waals surface area contributed by atoms with Gasteiger partial charge in [0.15, 0.2) is 6.61 Å². The Morgan fingerprint density at radius 3 is 2.58 bits per heavy atom. The van der Waals surface area contributed by atoms with Crippen LogP contribution in [0.5, 0.6) is 0 Å². The molecule has 174 valence electrons. The second-order valence-electron chi connectivity index (χ2n) is 8.40. The molecule has 1 atom stereocenters. The summed E-state index contributed by atoms with van der Waals surface area (Å²) in [5, 5.41) is 0. The summed E-state index contributed by atoms with van der Waals surface area (Å²) in [7, 11) is -3.66. The van der Waals surface area contributed by atoms with Gasteiger partial charge in [-0.05, 0) is 68.0 Å². The van der Waals surface area contributed by atoms with Gasteiger partial charge in [-0.3, -0.25) is 9.10 Å². The molecule has 1 fully saturated rings. The molecule has 0 bridgehead atoms. The van der Waals surface area contributed by atoms with Crippen LogP contribution in [0.25, 0.3) is 6.08 Å². The lowest BCUT2D eigenvalue weighted by molar-refractivity contribution is -0.149. The fraction of sp³-hybridized carbons (Fsp3) is 0.360. The number of carbonyl (C=O) groups is 2. The summed E-state index contributed by atoms with van der Waals surface area (Å²) in [6.45, 7) is 2.85. The van der Waals surface area contributed by atoms with Gasteiger partial charge in [0, 0.05) is 25.2 Å². The number of benzene rings is 2. The number of nitrogens with zero attached hydrogens (tertiary/aromatic N) is 2. The van der Waals surface area contributed by atoms with Crippen molar-refractivity contribution in [2.24, 2.45) is 0 Å². The lowest BCUT2D eigenvalue weighted by Crippen LogP contribution is -2.44. The number of amides is 1. The molecule has 0 N–H and O–H groups in total. The van der Waals surface area contributed by atoms with Crippen molar-refractivity contribution in [3.8, 4) is 0 Å². The smallest absolute Gasteiger partial charge is 0.331 e. The molecule has 1 unspecified atom stereocenters. The summed E-state index contributed by atoms with van der Waals surface area (Å²) in [6.07, 6.45) is 6.52. The van der Waals surface area contributed by atoms with Crippen molar-refractivity contribution in [2.75, 3.05) is 24.0 Å². The van der Waals surface area contributed by atoms with E-state index >= 15 is 0 Å². The maximum atomic E-state index is 13.1. The van der Waals surface area contributed by atoms with Crippen molar-refractivity contribution < 1.29 is 22.7 Å². The van der Waals surface area contributed by atoms with Crippen molar-refractivity contribution in [1.82, 2.24) is 4.90 Å². The Kier molecular flexibility index (Phi) is 6.83. The highest BCUT2D eigenvalue weighted by Crippen LogP contribution is 2.32. The van der Waals surface area contributed by atoms with Crippen molar-refractivity contribution >= 4 is 33.7 Å². The number of rotatable bonds is 6. The molecule has 0 aromatic heterocycles. The number of piperidine rings is 1. The summed E-state index contributed by atoms with van der Waals surface area (Å²) in [5.74, 6) is -0.791. The maximum Gasteiger partial charge on any atom is 0.331 e. The first-order valence-electron chi connectivity index (χ1n) is 11.2. The Morgan fingerprint density at radius 2 is 1.82 bits per heavy atom. The van der Waals surface area contributed by atoms with Gasteiger partial charge >= 0.3 is 5.97 Å². The fourth-order valence-electron chi connectivity index (χ4n) is 4.33. The molecule has 2 heterocycles. The van der Waals surface area contributed by atoms with Crippen molar-refractivity contribution in [3.63, 3.8) is 0 Å². The van der Waals surface area contributed by atoms with Gasteiger partial charge in [-0.25, -0.2) is 13.2 Å². The molecule has 2 aliphatic rings. The van der Waals surface area contributed by atoms with Crippen LogP contribution in [-0.4, -0.2) is 50.9 Å². The highest BCUT2D eigenvalue weighted by Gasteiger charge is 2.30. The SMILES string of the molecule is CC1CCCCN1C(=O)COC(=O)/C=C/c1ccc(S(=O)(=O)N2CCc3ccccc32)cc1. The number of fused-ring (bicyclic) bond motifs is 1. The number of esters is 1. The van der Waals surface area contributed by atoms with Crippen LogP contribution < -0.4 is 4.31 Å². The van der Waals surface area contributed by atoms with Crippen LogP contribution in [0.4, 0.5) is 5.69 Å². The molecule has 1 saturated heterocycles. The average Bonchev–Trinajstić information content (AvgIpc) is 3.27. The molecule has 0 spiro atoms. The first kappa shape index (κ1) is 23.0. The first-order valence-corrected chi connectivity index (χ1v) is 12.7. The third kappa shape index (κ3) is 5.11. The molecule has 0 radical (unpaired) electrons. The quantitative estimate of drug-likeness (QED) is 0.479. The first-order chi connectivity index (χ1) is 15.9. The summed E-state index contributed by atoms with van der Waals surface area (Å²) < 4.78 is 32.7. The molecule has 8 heteroatoms. The molecular formula is C25H28N2O5S. The summed E-state index contributed by atoms with van der Waals surface area (Å²) >= 11 is 0. The molecule has 2 aliphatic heterocycles. The minimum Gasteiger partial charge on any atom is -0.452 e. The minimum atomic E-state index is -3.66. The Morgan fingerprint density at radius 1 is 1.06 bits per heavy atom. The van der Waals surface area contributed by atoms with Crippen LogP contribution in [0.3, 0.4) is 0 Å². The maximum absolute atomic E-state index is 13.1. The minimum absolute atomic E-state index is 0.171. The van der Waals surface area contributed by atoms with Crippen LogP contribution in [0.15, 0.2) is 59.5 Å². The topological polar surface area (TPSA) is 84.0 Å². The number of hydrogen-bond acceptors (Lipinski definition) is 5. The molecular weight excluding hydrogens is 440 g/mol. The van der Waals surface area contributed by atoms with Crippen LogP contribution in [-0.2, 0) is 30.8 Å². The zero-order valence-electron chi connectivity index (χ0n) is 18.6. The van der Waals surface area contributed by atoms with Crippen LogP contribution >= 0.6 is 0 Å². The number of sulfonamides is 1. The highest BCUT2D eigenvalue weighted by atomic mass is 32.2. The third-order valence-corrected chi connectivity index (χ3v) is 8.01. The largest absolute Gasteiger partial charge is 0.452 e. The number of para-hydroxylation sites is 1. The molecule has 0 aliphatic carbocycles. The fourth-order valence-corrected chi connectivity index (χ4v) is 5.84. The van der Waals surface area contributed by atoms with Crippen LogP contribution in [0.1, 0.15) is 37.3 Å². The van der Waals surface area contributed by atoms with Crippen molar-refractivity contribution in [2.45, 2.75) is 43.5 Å². The molecule has 33 heavy (non-hydrogen) atoms. The normalized spacial score (nSPS) is 18.4. The van der Waals surface area contributed by atoms with Crippen molar-refractivity contribution in [1.29, 1.82) is 0 Å². The van der Waals surface area contributed by atoms with Crippen LogP contribution in [0.2, 0.25) is 0 Å². The monoisotopic (exact) mass is 468 g/mol. The van der Waals surface area contributed by atoms with Gasteiger partial charge in [0.05, 0.1) is 10.6 Å². The lowest BCUT2D eigenvalue weighted by atomic mass is 10.0. The van der Waals surface area contributed by atoms with Crippen molar-refractivity contribution in [3.05, 3.63) is 65.7 Å². The third-order valence-electron chi connectivity index (χ3n) is 6.19. The number of hydrogen-bond donors (Lipinski definition) is 0. The van der Waals surface area contributed by atoms with E-state index in [1.807, 2.05) is 31.2 Å². The number of carbonyl (C=O) groups excluding carboxylic acids is 2. The molecule has 7 nitrogen and oxygen atoms in total. The molecule has 2 aromatic rings. The zero-order valence-corrected chi connectivity index (χ0v) is 19.5. The number of ether oxygens (including phenoxy) is 1. The second kappa shape index (κ2) is 9.79. The molecule has 0 saturated carbocycles. The lowest BCUT2D eigenvalue weighted by Gasteiger charge is -2.33. The second-order valence-corrected chi connectivity index (χ2v) is 10.3. The molecule has 2 aromatic carbocycles. The van der Waals surface area contributed by atoms with E-state index in [-0.39, 0.29) is 23.5 Å². The van der Waals surface area contributed by atoms with E-state index in [1.165, 1.54) is 28.6 Å². The summed E-state index contributed by atoms with van der Waals surface area (Å²) in [4.78, 5) is 26.2. The van der Waals surface area contributed by atoms with E-state index < -0.39 is 16.0 Å². The van der Waals surface area contributed by atoms with Gasteiger partial charge in [0.2, 0.25) is 0 Å². The van der Waals surface area contributed by atoms with E-state index in [1.54, 1.807) is 17.0 Å². The predicted molar refractivity (Wildman–Crippen MR) is 126 cm³/mol.